The fourth-order valence-electron chi connectivity index (χ4n) is 2.89. The van der Waals surface area contributed by atoms with Gasteiger partial charge in [-0.1, -0.05) is 62.1 Å². The molecule has 2 amide bonds. The van der Waals surface area contributed by atoms with E-state index in [1.54, 1.807) is 24.3 Å². The molecule has 4 heteroatoms. The zero-order valence-electron chi connectivity index (χ0n) is 15.3. The highest BCUT2D eigenvalue weighted by molar-refractivity contribution is 6.10. The summed E-state index contributed by atoms with van der Waals surface area (Å²) < 4.78 is 0. The smallest absolute Gasteiger partial charge is 0.260 e. The molecule has 0 atom stereocenters. The summed E-state index contributed by atoms with van der Waals surface area (Å²) in [6.45, 7) is 1.18. The number of unbranched alkanes of at least 4 members (excludes halogenated alkanes) is 5. The van der Waals surface area contributed by atoms with Crippen molar-refractivity contribution in [1.82, 2.24) is 4.90 Å². The van der Waals surface area contributed by atoms with Gasteiger partial charge in [0.15, 0.2) is 0 Å². The first-order valence-electron chi connectivity index (χ1n) is 9.40. The monoisotopic (exact) mass is 352 g/mol. The van der Waals surface area contributed by atoms with Gasteiger partial charge in [0.25, 0.3) is 11.8 Å². The van der Waals surface area contributed by atoms with Gasteiger partial charge in [-0.15, -0.1) is 0 Å². The van der Waals surface area contributed by atoms with Gasteiger partial charge >= 0.3 is 0 Å². The largest absolute Gasteiger partial charge is 0.330 e. The van der Waals surface area contributed by atoms with E-state index in [1.807, 2.05) is 36.4 Å². The maximum absolute atomic E-state index is 12.9. The molecule has 26 heavy (non-hydrogen) atoms. The van der Waals surface area contributed by atoms with Gasteiger partial charge in [-0.2, -0.15) is 0 Å². The number of carbonyl (C=O) groups excluding carboxylic acids is 2. The number of hydrogen-bond acceptors (Lipinski definition) is 3. The van der Waals surface area contributed by atoms with Crippen LogP contribution < -0.4 is 5.73 Å². The molecule has 0 aliphatic heterocycles. The van der Waals surface area contributed by atoms with Crippen LogP contribution in [0.15, 0.2) is 60.7 Å². The lowest BCUT2D eigenvalue weighted by molar-refractivity contribution is 0.0613. The molecule has 138 valence electrons. The van der Waals surface area contributed by atoms with Crippen LogP contribution in [-0.4, -0.2) is 29.8 Å². The van der Waals surface area contributed by atoms with Gasteiger partial charge in [-0.25, -0.2) is 0 Å². The third-order valence-corrected chi connectivity index (χ3v) is 4.37. The van der Waals surface area contributed by atoms with Crippen LogP contribution in [0.2, 0.25) is 0 Å². The lowest BCUT2D eigenvalue weighted by Gasteiger charge is -2.21. The van der Waals surface area contributed by atoms with Crippen LogP contribution in [0, 0.1) is 0 Å². The highest BCUT2D eigenvalue weighted by Crippen LogP contribution is 2.13. The van der Waals surface area contributed by atoms with Gasteiger partial charge in [0.2, 0.25) is 0 Å². The summed E-state index contributed by atoms with van der Waals surface area (Å²) in [7, 11) is 0. The van der Waals surface area contributed by atoms with Gasteiger partial charge < -0.3 is 5.73 Å². The Balaban J connectivity index is 2.00. The number of hydrogen-bond donors (Lipinski definition) is 1. The molecule has 2 rings (SSSR count). The van der Waals surface area contributed by atoms with Crippen molar-refractivity contribution in [2.75, 3.05) is 13.1 Å². The number of benzene rings is 2. The second kappa shape index (κ2) is 11.2. The first-order valence-corrected chi connectivity index (χ1v) is 9.40. The van der Waals surface area contributed by atoms with Crippen LogP contribution in [0.4, 0.5) is 0 Å². The molecule has 4 nitrogen and oxygen atoms in total. The average molecular weight is 352 g/mol. The first kappa shape index (κ1) is 19.9. The molecule has 0 saturated carbocycles. The summed E-state index contributed by atoms with van der Waals surface area (Å²) in [5.74, 6) is -0.467. The second-order valence-electron chi connectivity index (χ2n) is 6.40. The van der Waals surface area contributed by atoms with Crippen molar-refractivity contribution in [1.29, 1.82) is 0 Å². The lowest BCUT2D eigenvalue weighted by atomic mass is 10.1. The average Bonchev–Trinajstić information content (AvgIpc) is 2.70. The van der Waals surface area contributed by atoms with Crippen LogP contribution in [-0.2, 0) is 0 Å². The summed E-state index contributed by atoms with van der Waals surface area (Å²) in [4.78, 5) is 27.1. The second-order valence-corrected chi connectivity index (χ2v) is 6.40. The molecular formula is C22H28N2O2. The van der Waals surface area contributed by atoms with Gasteiger partial charge in [0, 0.05) is 17.7 Å². The molecule has 0 fully saturated rings. The Morgan fingerprint density at radius 1 is 0.654 bits per heavy atom. The third kappa shape index (κ3) is 6.12. The van der Waals surface area contributed by atoms with Crippen molar-refractivity contribution >= 4 is 11.8 Å². The van der Waals surface area contributed by atoms with Crippen LogP contribution in [0.25, 0.3) is 0 Å². The summed E-state index contributed by atoms with van der Waals surface area (Å²) in [6, 6.07) is 18.0. The predicted molar refractivity (Wildman–Crippen MR) is 105 cm³/mol. The van der Waals surface area contributed by atoms with E-state index in [2.05, 4.69) is 0 Å². The zero-order chi connectivity index (χ0) is 18.6. The number of imide groups is 1. The van der Waals surface area contributed by atoms with Crippen molar-refractivity contribution in [2.24, 2.45) is 5.73 Å². The van der Waals surface area contributed by atoms with Crippen molar-refractivity contribution < 1.29 is 9.59 Å². The summed E-state index contributed by atoms with van der Waals surface area (Å²) in [6.07, 6.45) is 6.28. The Labute approximate surface area is 156 Å². The molecule has 2 aromatic rings. The van der Waals surface area contributed by atoms with Gasteiger partial charge in [0.05, 0.1) is 0 Å². The van der Waals surface area contributed by atoms with Crippen molar-refractivity contribution in [3.8, 4) is 0 Å². The molecule has 0 saturated heterocycles. The van der Waals surface area contributed by atoms with Crippen LogP contribution >= 0.6 is 0 Å². The normalized spacial score (nSPS) is 10.5. The molecule has 0 aliphatic rings. The van der Waals surface area contributed by atoms with E-state index >= 15 is 0 Å². The molecule has 0 heterocycles. The summed E-state index contributed by atoms with van der Waals surface area (Å²) >= 11 is 0. The van der Waals surface area contributed by atoms with Crippen molar-refractivity contribution in [3.63, 3.8) is 0 Å². The van der Waals surface area contributed by atoms with Crippen LogP contribution in [0.1, 0.15) is 59.2 Å². The number of nitrogens with two attached hydrogens (primary N) is 1. The van der Waals surface area contributed by atoms with E-state index in [1.165, 1.54) is 4.90 Å². The molecule has 0 spiro atoms. The molecule has 0 aliphatic carbocycles. The minimum atomic E-state index is -0.234. The van der Waals surface area contributed by atoms with Gasteiger partial charge in [0.1, 0.15) is 0 Å². The van der Waals surface area contributed by atoms with E-state index in [-0.39, 0.29) is 11.8 Å². The van der Waals surface area contributed by atoms with Crippen LogP contribution in [0.5, 0.6) is 0 Å². The molecule has 0 unspecified atom stereocenters. The van der Waals surface area contributed by atoms with E-state index in [0.717, 1.165) is 45.1 Å². The highest BCUT2D eigenvalue weighted by Gasteiger charge is 2.23. The van der Waals surface area contributed by atoms with E-state index in [4.69, 9.17) is 5.73 Å². The van der Waals surface area contributed by atoms with Gasteiger partial charge in [-0.3, -0.25) is 14.5 Å². The Morgan fingerprint density at radius 2 is 1.08 bits per heavy atom. The molecule has 2 aromatic carbocycles. The van der Waals surface area contributed by atoms with E-state index in [9.17, 15) is 9.59 Å². The molecule has 2 N–H and O–H groups in total. The fraction of sp³-hybridized carbons (Fsp3) is 0.364. The molecule has 0 aromatic heterocycles. The highest BCUT2D eigenvalue weighted by atomic mass is 16.2. The fourth-order valence-corrected chi connectivity index (χ4v) is 2.89. The summed E-state index contributed by atoms with van der Waals surface area (Å²) in [5, 5.41) is 0. The maximum Gasteiger partial charge on any atom is 0.260 e. The molecule has 0 bridgehead atoms. The topological polar surface area (TPSA) is 63.4 Å². The number of carbonyl (C=O) groups is 2. The SMILES string of the molecule is NCCCCCCCCN(C(=O)c1ccccc1)C(=O)c1ccccc1. The number of nitrogens with zero attached hydrogens (tertiary/aromatic N) is 1. The predicted octanol–water partition coefficient (Wildman–Crippen LogP) is 4.27. The van der Waals surface area contributed by atoms with Crippen molar-refractivity contribution in [2.45, 2.75) is 38.5 Å². The first-order chi connectivity index (χ1) is 12.7. The Bertz CT molecular complexity index is 620. The lowest BCUT2D eigenvalue weighted by Crippen LogP contribution is -2.37. The van der Waals surface area contributed by atoms with Crippen molar-refractivity contribution in [3.05, 3.63) is 71.8 Å². The Kier molecular flexibility index (Phi) is 8.56. The van der Waals surface area contributed by atoms with Crippen LogP contribution in [0.3, 0.4) is 0 Å². The maximum atomic E-state index is 12.9. The molecular weight excluding hydrogens is 324 g/mol. The summed E-state index contributed by atoms with van der Waals surface area (Å²) in [5.41, 5.74) is 6.59. The minimum Gasteiger partial charge on any atom is -0.330 e. The molecule has 0 radical (unpaired) electrons. The number of rotatable bonds is 10. The third-order valence-electron chi connectivity index (χ3n) is 4.37. The minimum absolute atomic E-state index is 0.234. The standard InChI is InChI=1S/C22H28N2O2/c23-17-11-3-1-2-4-12-18-24(21(25)19-13-7-5-8-14-19)22(26)20-15-9-6-10-16-20/h5-10,13-16H,1-4,11-12,17-18,23H2. The zero-order valence-corrected chi connectivity index (χ0v) is 15.3. The Morgan fingerprint density at radius 3 is 1.54 bits per heavy atom. The van der Waals surface area contributed by atoms with Gasteiger partial charge in [-0.05, 0) is 43.7 Å². The quantitative estimate of drug-likeness (QED) is 0.513. The number of amides is 2. The van der Waals surface area contributed by atoms with E-state index in [0.29, 0.717) is 17.7 Å². The van der Waals surface area contributed by atoms with E-state index < -0.39 is 0 Å². The Hall–Kier alpha value is -2.46.